The molecule has 1 amide bonds. The third kappa shape index (κ3) is 2.15. The van der Waals surface area contributed by atoms with E-state index < -0.39 is 0 Å². The average molecular weight is 309 g/mol. The van der Waals surface area contributed by atoms with Crippen molar-refractivity contribution in [3.05, 3.63) is 18.6 Å². The fraction of sp³-hybridized carbons (Fsp3) is 0.471. The van der Waals surface area contributed by atoms with Crippen molar-refractivity contribution in [1.29, 1.82) is 0 Å². The first-order valence-corrected chi connectivity index (χ1v) is 8.00. The second kappa shape index (κ2) is 5.27. The summed E-state index contributed by atoms with van der Waals surface area (Å²) in [5.41, 5.74) is 0.768. The molecule has 4 rings (SSSR count). The highest BCUT2D eigenvalue weighted by molar-refractivity contribution is 5.87. The van der Waals surface area contributed by atoms with Crippen molar-refractivity contribution in [2.24, 2.45) is 0 Å². The van der Waals surface area contributed by atoms with Gasteiger partial charge in [-0.25, -0.2) is 9.97 Å². The molecule has 4 heterocycles. The van der Waals surface area contributed by atoms with Crippen LogP contribution in [0.4, 0.5) is 5.82 Å². The van der Waals surface area contributed by atoms with Crippen molar-refractivity contribution in [2.45, 2.75) is 31.2 Å². The van der Waals surface area contributed by atoms with Crippen LogP contribution in [-0.2, 0) is 4.79 Å². The topological polar surface area (TPSA) is 65.1 Å². The van der Waals surface area contributed by atoms with Gasteiger partial charge in [0.15, 0.2) is 0 Å². The Hall–Kier alpha value is -2.55. The number of nitrogens with one attached hydrogen (secondary N) is 1. The zero-order chi connectivity index (χ0) is 15.9. The van der Waals surface area contributed by atoms with Gasteiger partial charge in [-0.2, -0.15) is 0 Å². The van der Waals surface area contributed by atoms with Gasteiger partial charge in [-0.3, -0.25) is 4.79 Å². The Bertz CT molecular complexity index is 792. The predicted molar refractivity (Wildman–Crippen MR) is 87.8 cm³/mol. The number of carbonyl (C=O) groups is 1. The zero-order valence-electron chi connectivity index (χ0n) is 13.0. The molecule has 0 aromatic carbocycles. The number of rotatable bonds is 2. The number of carbonyl (C=O) groups excluding carboxylic acids is 1. The van der Waals surface area contributed by atoms with Crippen molar-refractivity contribution >= 4 is 22.8 Å². The molecule has 2 fully saturated rings. The standard InChI is InChI=1S/C17H19N5O/c1-2-4-14(23)22-9-3-6-17(22)7-10-21(11-17)16-13-5-8-18-15(13)19-12-20-16/h1,5,8,12H,3-4,6-7,9-11H2,(H,18,19,20). The number of fused-ring (bicyclic) bond motifs is 1. The Morgan fingerprint density at radius 3 is 3.17 bits per heavy atom. The highest BCUT2D eigenvalue weighted by Gasteiger charge is 2.48. The number of hydrogen-bond donors (Lipinski definition) is 1. The van der Waals surface area contributed by atoms with Gasteiger partial charge in [0.05, 0.1) is 17.3 Å². The van der Waals surface area contributed by atoms with Crippen molar-refractivity contribution in [3.63, 3.8) is 0 Å². The predicted octanol–water partition coefficient (Wildman–Crippen LogP) is 1.55. The minimum absolute atomic E-state index is 0.0818. The first-order valence-electron chi connectivity index (χ1n) is 8.00. The Labute approximate surface area is 134 Å². The van der Waals surface area contributed by atoms with E-state index in [1.807, 2.05) is 17.2 Å². The highest BCUT2D eigenvalue weighted by Crippen LogP contribution is 2.40. The van der Waals surface area contributed by atoms with Gasteiger partial charge in [-0.05, 0) is 25.3 Å². The molecule has 2 saturated heterocycles. The van der Waals surface area contributed by atoms with Gasteiger partial charge in [0.2, 0.25) is 5.91 Å². The lowest BCUT2D eigenvalue weighted by Crippen LogP contribution is -2.49. The Kier molecular flexibility index (Phi) is 3.22. The first kappa shape index (κ1) is 14.1. The maximum atomic E-state index is 12.4. The summed E-state index contributed by atoms with van der Waals surface area (Å²) in [5.74, 6) is 3.52. The largest absolute Gasteiger partial charge is 0.354 e. The lowest BCUT2D eigenvalue weighted by atomic mass is 9.95. The third-order valence-corrected chi connectivity index (χ3v) is 5.12. The number of terminal acetylenes is 1. The van der Waals surface area contributed by atoms with Gasteiger partial charge in [-0.1, -0.05) is 5.92 Å². The molecule has 2 aliphatic heterocycles. The van der Waals surface area contributed by atoms with Crippen LogP contribution in [0.1, 0.15) is 25.7 Å². The van der Waals surface area contributed by atoms with Crippen molar-refractivity contribution < 1.29 is 4.79 Å². The lowest BCUT2D eigenvalue weighted by Gasteiger charge is -2.35. The molecule has 1 N–H and O–H groups in total. The van der Waals surface area contributed by atoms with Crippen LogP contribution < -0.4 is 4.90 Å². The van der Waals surface area contributed by atoms with E-state index in [2.05, 4.69) is 25.8 Å². The summed E-state index contributed by atoms with van der Waals surface area (Å²) >= 11 is 0. The van der Waals surface area contributed by atoms with Gasteiger partial charge in [-0.15, -0.1) is 6.42 Å². The van der Waals surface area contributed by atoms with Gasteiger partial charge in [0, 0.05) is 25.8 Å². The number of H-pyrrole nitrogens is 1. The molecule has 0 bridgehead atoms. The second-order valence-corrected chi connectivity index (χ2v) is 6.36. The van der Waals surface area contributed by atoms with Crippen LogP contribution in [0.3, 0.4) is 0 Å². The summed E-state index contributed by atoms with van der Waals surface area (Å²) in [7, 11) is 0. The van der Waals surface area contributed by atoms with Crippen molar-refractivity contribution in [3.8, 4) is 12.3 Å². The SMILES string of the molecule is C#CCC(=O)N1CCCC12CCN(c1ncnc3[nH]ccc13)C2. The first-order chi connectivity index (χ1) is 11.2. The third-order valence-electron chi connectivity index (χ3n) is 5.12. The van der Waals surface area contributed by atoms with E-state index in [1.165, 1.54) is 0 Å². The summed E-state index contributed by atoms with van der Waals surface area (Å²) in [6, 6.07) is 2.01. The van der Waals surface area contributed by atoms with Gasteiger partial charge in [0.25, 0.3) is 0 Å². The van der Waals surface area contributed by atoms with Crippen LogP contribution in [0.5, 0.6) is 0 Å². The van der Waals surface area contributed by atoms with Crippen LogP contribution in [0.15, 0.2) is 18.6 Å². The van der Waals surface area contributed by atoms with Gasteiger partial charge < -0.3 is 14.8 Å². The fourth-order valence-electron chi connectivity index (χ4n) is 4.08. The second-order valence-electron chi connectivity index (χ2n) is 6.36. The molecule has 0 radical (unpaired) electrons. The number of likely N-dealkylation sites (tertiary alicyclic amines) is 1. The molecule has 2 aromatic heterocycles. The molecule has 2 aromatic rings. The number of anilines is 1. The van der Waals surface area contributed by atoms with E-state index in [0.29, 0.717) is 0 Å². The van der Waals surface area contributed by atoms with Crippen LogP contribution in [0.2, 0.25) is 0 Å². The van der Waals surface area contributed by atoms with Crippen LogP contribution in [-0.4, -0.2) is 50.9 Å². The van der Waals surface area contributed by atoms with E-state index in [1.54, 1.807) is 6.33 Å². The number of aromatic amines is 1. The molecular formula is C17H19N5O. The molecule has 23 heavy (non-hydrogen) atoms. The Morgan fingerprint density at radius 1 is 1.39 bits per heavy atom. The summed E-state index contributed by atoms with van der Waals surface area (Å²) in [6.07, 6.45) is 12.1. The number of nitrogens with zero attached hydrogens (tertiary/aromatic N) is 4. The van der Waals surface area contributed by atoms with Crippen molar-refractivity contribution in [1.82, 2.24) is 19.9 Å². The van der Waals surface area contributed by atoms with E-state index in [-0.39, 0.29) is 17.9 Å². The number of amides is 1. The monoisotopic (exact) mass is 309 g/mol. The quantitative estimate of drug-likeness (QED) is 0.855. The van der Waals surface area contributed by atoms with Crippen molar-refractivity contribution in [2.75, 3.05) is 24.5 Å². The molecule has 0 aliphatic carbocycles. The summed E-state index contributed by atoms with van der Waals surface area (Å²) in [5, 5.41) is 1.03. The summed E-state index contributed by atoms with van der Waals surface area (Å²) in [6.45, 7) is 2.54. The number of hydrogen-bond acceptors (Lipinski definition) is 4. The summed E-state index contributed by atoms with van der Waals surface area (Å²) < 4.78 is 0. The van der Waals surface area contributed by atoms with E-state index in [0.717, 1.165) is 55.7 Å². The molecule has 6 heteroatoms. The Balaban J connectivity index is 1.62. The van der Waals surface area contributed by atoms with E-state index >= 15 is 0 Å². The molecular weight excluding hydrogens is 290 g/mol. The van der Waals surface area contributed by atoms with Gasteiger partial charge in [0.1, 0.15) is 17.8 Å². The Morgan fingerprint density at radius 2 is 2.30 bits per heavy atom. The van der Waals surface area contributed by atoms with Crippen LogP contribution in [0, 0.1) is 12.3 Å². The average Bonchev–Trinajstić information content (AvgIpc) is 3.27. The molecule has 118 valence electrons. The number of aromatic nitrogens is 3. The highest BCUT2D eigenvalue weighted by atomic mass is 16.2. The smallest absolute Gasteiger partial charge is 0.235 e. The normalized spacial score (nSPS) is 23.8. The minimum atomic E-state index is -0.0818. The molecule has 0 saturated carbocycles. The molecule has 1 unspecified atom stereocenters. The summed E-state index contributed by atoms with van der Waals surface area (Å²) in [4.78, 5) is 28.5. The molecule has 1 spiro atoms. The van der Waals surface area contributed by atoms with Crippen LogP contribution >= 0.6 is 0 Å². The maximum Gasteiger partial charge on any atom is 0.235 e. The van der Waals surface area contributed by atoms with Crippen LogP contribution in [0.25, 0.3) is 11.0 Å². The van der Waals surface area contributed by atoms with E-state index in [9.17, 15) is 4.79 Å². The fourth-order valence-corrected chi connectivity index (χ4v) is 4.08. The lowest BCUT2D eigenvalue weighted by molar-refractivity contribution is -0.133. The molecule has 6 nitrogen and oxygen atoms in total. The minimum Gasteiger partial charge on any atom is -0.354 e. The maximum absolute atomic E-state index is 12.4. The zero-order valence-corrected chi connectivity index (χ0v) is 13.0. The molecule has 1 atom stereocenters. The van der Waals surface area contributed by atoms with Gasteiger partial charge >= 0.3 is 0 Å². The van der Waals surface area contributed by atoms with E-state index in [4.69, 9.17) is 6.42 Å². The molecule has 2 aliphatic rings.